The molecule has 1 atom stereocenters. The van der Waals surface area contributed by atoms with Gasteiger partial charge in [-0.05, 0) is 86.4 Å². The third-order valence-electron chi connectivity index (χ3n) is 7.56. The molecule has 3 aromatic rings. The first-order valence-corrected chi connectivity index (χ1v) is 15.9. The maximum atomic E-state index is 14.9. The number of hydrogen-bond acceptors (Lipinski definition) is 5. The molecule has 3 rings (SSSR count). The Kier molecular flexibility index (Phi) is 12.0. The van der Waals surface area contributed by atoms with Crippen LogP contribution in [0.25, 0.3) is 11.1 Å². The molecule has 0 heterocycles. The van der Waals surface area contributed by atoms with E-state index >= 15 is 0 Å². The number of nitrogens with one attached hydrogen (secondary N) is 1. The van der Waals surface area contributed by atoms with Crippen molar-refractivity contribution in [2.75, 3.05) is 20.1 Å². The fraction of sp³-hybridized carbons (Fsp3) is 0.424. The van der Waals surface area contributed by atoms with Crippen LogP contribution < -0.4 is 5.32 Å². The van der Waals surface area contributed by atoms with Crippen LogP contribution in [0.15, 0.2) is 65.6 Å². The lowest BCUT2D eigenvalue weighted by Gasteiger charge is -2.29. The van der Waals surface area contributed by atoms with E-state index in [4.69, 9.17) is 5.11 Å². The Morgan fingerprint density at radius 3 is 2.37 bits per heavy atom. The van der Waals surface area contributed by atoms with Gasteiger partial charge in [0.05, 0.1) is 11.0 Å². The standard InChI is InChI=1S/C33H42F2N2O5S/c1-5-24-18-25(32-26(14-16-31(39)40)19-27(34)20-29(32)35)13-15-30(24)43(41,42)37(4)22-28(38)21-36-33(2,3)17-9-12-23-10-7-6-8-11-23/h6-8,10-11,13,15,18-20,28,36,38H,5,9,12,14,16-17,21-22H2,1-4H3,(H,39,40). The predicted molar refractivity (Wildman–Crippen MR) is 164 cm³/mol. The molecule has 0 fully saturated rings. The van der Waals surface area contributed by atoms with Crippen molar-refractivity contribution < 1.29 is 32.2 Å². The minimum absolute atomic E-state index is 0.0252. The molecule has 0 aliphatic rings. The van der Waals surface area contributed by atoms with Gasteiger partial charge in [-0.25, -0.2) is 17.2 Å². The lowest BCUT2D eigenvalue weighted by molar-refractivity contribution is -0.136. The summed E-state index contributed by atoms with van der Waals surface area (Å²) in [6.07, 6.45) is 1.75. The van der Waals surface area contributed by atoms with Crippen molar-refractivity contribution in [1.29, 1.82) is 0 Å². The molecule has 0 saturated carbocycles. The quantitative estimate of drug-likeness (QED) is 0.194. The molecule has 43 heavy (non-hydrogen) atoms. The zero-order valence-electron chi connectivity index (χ0n) is 25.2. The molecule has 0 spiro atoms. The summed E-state index contributed by atoms with van der Waals surface area (Å²) >= 11 is 0. The van der Waals surface area contributed by atoms with E-state index in [-0.39, 0.29) is 47.5 Å². The van der Waals surface area contributed by atoms with Crippen LogP contribution in [-0.4, -0.2) is 60.7 Å². The fourth-order valence-corrected chi connectivity index (χ4v) is 6.62. The van der Waals surface area contributed by atoms with Gasteiger partial charge in [-0.15, -0.1) is 0 Å². The van der Waals surface area contributed by atoms with E-state index in [2.05, 4.69) is 31.3 Å². The van der Waals surface area contributed by atoms with E-state index in [1.54, 1.807) is 6.92 Å². The van der Waals surface area contributed by atoms with Crippen molar-refractivity contribution in [3.8, 4) is 11.1 Å². The number of aliphatic carboxylic acids is 1. The summed E-state index contributed by atoms with van der Waals surface area (Å²) in [7, 11) is -2.61. The third kappa shape index (κ3) is 9.66. The zero-order valence-corrected chi connectivity index (χ0v) is 26.1. The van der Waals surface area contributed by atoms with E-state index in [0.717, 1.165) is 35.7 Å². The van der Waals surface area contributed by atoms with Crippen LogP contribution in [0.1, 0.15) is 56.7 Å². The number of aryl methyl sites for hydroxylation is 3. The van der Waals surface area contributed by atoms with Gasteiger partial charge in [0, 0.05) is 43.7 Å². The number of benzene rings is 3. The molecule has 7 nitrogen and oxygen atoms in total. The van der Waals surface area contributed by atoms with Crippen LogP contribution >= 0.6 is 0 Å². The number of β-amino-alcohol motifs (C(OH)–C–C–N with tert-alkyl or cyclic N) is 1. The first-order valence-electron chi connectivity index (χ1n) is 14.5. The van der Waals surface area contributed by atoms with Gasteiger partial charge in [0.1, 0.15) is 11.6 Å². The van der Waals surface area contributed by atoms with Crippen molar-refractivity contribution in [2.24, 2.45) is 0 Å². The zero-order chi connectivity index (χ0) is 31.8. The van der Waals surface area contributed by atoms with E-state index in [0.29, 0.717) is 17.5 Å². The summed E-state index contributed by atoms with van der Waals surface area (Å²) in [6.45, 7) is 5.95. The SMILES string of the molecule is CCc1cc(-c2c(F)cc(F)cc2CCC(=O)O)ccc1S(=O)(=O)N(C)CC(O)CNC(C)(C)CCCc1ccccc1. The van der Waals surface area contributed by atoms with Gasteiger partial charge in [0.25, 0.3) is 0 Å². The number of carbonyl (C=O) groups is 1. The fourth-order valence-electron chi connectivity index (χ4n) is 5.14. The van der Waals surface area contributed by atoms with Crippen molar-refractivity contribution in [3.05, 3.63) is 89.0 Å². The molecule has 3 N–H and O–H groups in total. The second kappa shape index (κ2) is 15.0. The predicted octanol–water partition coefficient (Wildman–Crippen LogP) is 5.58. The van der Waals surface area contributed by atoms with Gasteiger partial charge in [0.2, 0.25) is 10.0 Å². The average Bonchev–Trinajstić information content (AvgIpc) is 2.95. The molecule has 0 bridgehead atoms. The average molecular weight is 617 g/mol. The largest absolute Gasteiger partial charge is 0.481 e. The summed E-state index contributed by atoms with van der Waals surface area (Å²) in [5.41, 5.74) is 2.00. The maximum absolute atomic E-state index is 14.9. The lowest BCUT2D eigenvalue weighted by atomic mass is 9.94. The Morgan fingerprint density at radius 1 is 1.02 bits per heavy atom. The number of nitrogens with zero attached hydrogens (tertiary/aromatic N) is 1. The van der Waals surface area contributed by atoms with Gasteiger partial charge >= 0.3 is 5.97 Å². The summed E-state index contributed by atoms with van der Waals surface area (Å²) in [5, 5.41) is 23.1. The number of rotatable bonds is 16. The van der Waals surface area contributed by atoms with Crippen LogP contribution in [0.2, 0.25) is 0 Å². The molecule has 0 aliphatic carbocycles. The Bertz CT molecular complexity index is 1500. The lowest BCUT2D eigenvalue weighted by Crippen LogP contribution is -2.46. The number of likely N-dealkylation sites (N-methyl/N-ethyl adjacent to an activating group) is 1. The van der Waals surface area contributed by atoms with E-state index in [1.807, 2.05) is 18.2 Å². The molecule has 234 valence electrons. The van der Waals surface area contributed by atoms with Gasteiger partial charge in [-0.2, -0.15) is 4.31 Å². The van der Waals surface area contributed by atoms with Crippen LogP contribution in [-0.2, 0) is 34.1 Å². The highest BCUT2D eigenvalue weighted by Crippen LogP contribution is 2.32. The number of halogens is 2. The molecule has 0 amide bonds. The summed E-state index contributed by atoms with van der Waals surface area (Å²) in [4.78, 5) is 11.1. The van der Waals surface area contributed by atoms with Crippen molar-refractivity contribution in [1.82, 2.24) is 9.62 Å². The summed E-state index contributed by atoms with van der Waals surface area (Å²) in [5.74, 6) is -2.77. The molecule has 1 unspecified atom stereocenters. The van der Waals surface area contributed by atoms with E-state index < -0.39 is 33.7 Å². The number of carboxylic acid groups (broad SMARTS) is 1. The Hall–Kier alpha value is -3.18. The summed E-state index contributed by atoms with van der Waals surface area (Å²) < 4.78 is 57.0. The molecule has 3 aromatic carbocycles. The van der Waals surface area contributed by atoms with Gasteiger partial charge in [-0.3, -0.25) is 4.79 Å². The van der Waals surface area contributed by atoms with Gasteiger partial charge < -0.3 is 15.5 Å². The summed E-state index contributed by atoms with van der Waals surface area (Å²) in [6, 6.07) is 16.4. The molecular formula is C33H42F2N2O5S. The smallest absolute Gasteiger partial charge is 0.303 e. The highest BCUT2D eigenvalue weighted by atomic mass is 32.2. The number of aliphatic hydroxyl groups excluding tert-OH is 1. The number of carboxylic acids is 1. The Morgan fingerprint density at radius 2 is 1.72 bits per heavy atom. The van der Waals surface area contributed by atoms with Crippen LogP contribution in [0.5, 0.6) is 0 Å². The van der Waals surface area contributed by atoms with Gasteiger partial charge in [0.15, 0.2) is 0 Å². The molecule has 0 aromatic heterocycles. The van der Waals surface area contributed by atoms with Crippen LogP contribution in [0, 0.1) is 11.6 Å². The van der Waals surface area contributed by atoms with Crippen LogP contribution in [0.3, 0.4) is 0 Å². The third-order valence-corrected chi connectivity index (χ3v) is 9.48. The highest BCUT2D eigenvalue weighted by molar-refractivity contribution is 7.89. The normalized spacial score (nSPS) is 12.9. The van der Waals surface area contributed by atoms with E-state index in [1.165, 1.54) is 30.8 Å². The first-order chi connectivity index (χ1) is 20.2. The number of aliphatic hydroxyl groups is 1. The Balaban J connectivity index is 1.69. The van der Waals surface area contributed by atoms with E-state index in [9.17, 15) is 27.1 Å². The number of sulfonamides is 1. The second-order valence-electron chi connectivity index (χ2n) is 11.5. The van der Waals surface area contributed by atoms with Crippen molar-refractivity contribution in [3.63, 3.8) is 0 Å². The maximum Gasteiger partial charge on any atom is 0.303 e. The van der Waals surface area contributed by atoms with Crippen molar-refractivity contribution in [2.45, 2.75) is 75.8 Å². The highest BCUT2D eigenvalue weighted by Gasteiger charge is 2.27. The first kappa shape index (κ1) is 34.3. The molecule has 10 heteroatoms. The monoisotopic (exact) mass is 616 g/mol. The minimum atomic E-state index is -4.01. The second-order valence-corrected chi connectivity index (χ2v) is 13.5. The van der Waals surface area contributed by atoms with Crippen LogP contribution in [0.4, 0.5) is 8.78 Å². The topological polar surface area (TPSA) is 107 Å². The van der Waals surface area contributed by atoms with Crippen molar-refractivity contribution >= 4 is 16.0 Å². The molecule has 0 radical (unpaired) electrons. The Labute approximate surface area is 253 Å². The number of hydrogen-bond donors (Lipinski definition) is 3. The molecule has 0 saturated heterocycles. The van der Waals surface area contributed by atoms with Gasteiger partial charge in [-0.1, -0.05) is 43.3 Å². The molecular weight excluding hydrogens is 574 g/mol. The molecule has 0 aliphatic heterocycles. The minimum Gasteiger partial charge on any atom is -0.481 e.